The molecule has 2 amide bonds. The fourth-order valence-corrected chi connectivity index (χ4v) is 3.06. The third kappa shape index (κ3) is 4.52. The van der Waals surface area contributed by atoms with Gasteiger partial charge in [0.05, 0.1) is 16.9 Å². The molecule has 2 saturated carbocycles. The van der Waals surface area contributed by atoms with Crippen molar-refractivity contribution in [2.24, 2.45) is 0 Å². The maximum absolute atomic E-state index is 13.2. The van der Waals surface area contributed by atoms with Gasteiger partial charge >= 0.3 is 6.18 Å². The number of halogens is 3. The summed E-state index contributed by atoms with van der Waals surface area (Å²) in [4.78, 5) is 37.1. The van der Waals surface area contributed by atoms with Crippen molar-refractivity contribution in [1.82, 2.24) is 15.1 Å². The van der Waals surface area contributed by atoms with Crippen LogP contribution < -0.4 is 16.2 Å². The molecule has 1 aromatic heterocycles. The van der Waals surface area contributed by atoms with Gasteiger partial charge in [-0.15, -0.1) is 0 Å². The van der Waals surface area contributed by atoms with Crippen LogP contribution in [0.15, 0.2) is 35.1 Å². The third-order valence-electron chi connectivity index (χ3n) is 4.95. The van der Waals surface area contributed by atoms with Crippen molar-refractivity contribution >= 4 is 17.5 Å². The highest BCUT2D eigenvalue weighted by atomic mass is 19.4. The van der Waals surface area contributed by atoms with Crippen LogP contribution in [-0.4, -0.2) is 27.6 Å². The van der Waals surface area contributed by atoms with Crippen molar-refractivity contribution in [2.75, 3.05) is 5.32 Å². The van der Waals surface area contributed by atoms with E-state index in [0.717, 1.165) is 18.9 Å². The van der Waals surface area contributed by atoms with Gasteiger partial charge in [-0.25, -0.2) is 4.68 Å². The predicted octanol–water partition coefficient (Wildman–Crippen LogP) is 2.67. The quantitative estimate of drug-likeness (QED) is 0.752. The van der Waals surface area contributed by atoms with Crippen LogP contribution in [-0.2, 0) is 17.5 Å². The second-order valence-corrected chi connectivity index (χ2v) is 7.56. The Labute approximate surface area is 169 Å². The molecule has 2 aromatic rings. The molecule has 1 aromatic carbocycles. The summed E-state index contributed by atoms with van der Waals surface area (Å²) in [7, 11) is 0. The van der Waals surface area contributed by atoms with Crippen molar-refractivity contribution in [3.63, 3.8) is 0 Å². The molecule has 0 unspecified atom stereocenters. The van der Waals surface area contributed by atoms with Crippen molar-refractivity contribution in [2.45, 2.75) is 50.4 Å². The predicted molar refractivity (Wildman–Crippen MR) is 101 cm³/mol. The average Bonchev–Trinajstić information content (AvgIpc) is 3.57. The first-order valence-corrected chi connectivity index (χ1v) is 9.61. The molecule has 2 aliphatic rings. The zero-order valence-electron chi connectivity index (χ0n) is 15.8. The zero-order chi connectivity index (χ0) is 21.5. The van der Waals surface area contributed by atoms with Crippen LogP contribution in [0.3, 0.4) is 0 Å². The van der Waals surface area contributed by atoms with Gasteiger partial charge in [0.1, 0.15) is 12.1 Å². The lowest BCUT2D eigenvalue weighted by Crippen LogP contribution is -2.35. The van der Waals surface area contributed by atoms with Gasteiger partial charge < -0.3 is 10.6 Å². The molecule has 4 rings (SSSR count). The van der Waals surface area contributed by atoms with E-state index in [0.29, 0.717) is 17.5 Å². The molecule has 2 fully saturated rings. The summed E-state index contributed by atoms with van der Waals surface area (Å²) in [5.74, 6) is -1.23. The second-order valence-electron chi connectivity index (χ2n) is 7.56. The van der Waals surface area contributed by atoms with E-state index in [2.05, 4.69) is 15.7 Å². The molecule has 7 nitrogen and oxygen atoms in total. The van der Waals surface area contributed by atoms with Crippen molar-refractivity contribution in [3.05, 3.63) is 57.5 Å². The van der Waals surface area contributed by atoms with Gasteiger partial charge in [-0.2, -0.15) is 18.3 Å². The van der Waals surface area contributed by atoms with Gasteiger partial charge in [-0.05, 0) is 43.9 Å². The zero-order valence-corrected chi connectivity index (χ0v) is 15.8. The van der Waals surface area contributed by atoms with Crippen LogP contribution in [0.4, 0.5) is 18.9 Å². The fraction of sp³-hybridized carbons (Fsp3) is 0.400. The number of aromatic nitrogens is 2. The molecule has 30 heavy (non-hydrogen) atoms. The van der Waals surface area contributed by atoms with E-state index < -0.39 is 29.8 Å². The van der Waals surface area contributed by atoms with E-state index in [1.165, 1.54) is 12.1 Å². The molecule has 2 N–H and O–H groups in total. The molecule has 0 aliphatic heterocycles. The van der Waals surface area contributed by atoms with Crippen LogP contribution in [0, 0.1) is 0 Å². The maximum Gasteiger partial charge on any atom is 0.421 e. The fourth-order valence-electron chi connectivity index (χ4n) is 3.06. The number of benzene rings is 1. The first-order chi connectivity index (χ1) is 14.2. The molecule has 158 valence electrons. The highest BCUT2D eigenvalue weighted by molar-refractivity contribution is 6.03. The Morgan fingerprint density at radius 1 is 1.13 bits per heavy atom. The van der Waals surface area contributed by atoms with Gasteiger partial charge in [-0.3, -0.25) is 14.4 Å². The third-order valence-corrected chi connectivity index (χ3v) is 4.95. The molecular weight excluding hydrogens is 401 g/mol. The Hall–Kier alpha value is -3.17. The summed E-state index contributed by atoms with van der Waals surface area (Å²) in [5.41, 5.74) is -2.11. The van der Waals surface area contributed by atoms with Gasteiger partial charge in [0.2, 0.25) is 5.91 Å². The first kappa shape index (κ1) is 20.1. The Morgan fingerprint density at radius 3 is 2.47 bits per heavy atom. The van der Waals surface area contributed by atoms with Crippen LogP contribution in [0.1, 0.15) is 53.2 Å². The summed E-state index contributed by atoms with van der Waals surface area (Å²) in [5, 5.41) is 9.27. The van der Waals surface area contributed by atoms with Crippen molar-refractivity contribution < 1.29 is 22.8 Å². The molecule has 0 saturated heterocycles. The normalized spacial score (nSPS) is 16.2. The Kier molecular flexibility index (Phi) is 5.08. The van der Waals surface area contributed by atoms with E-state index in [4.69, 9.17) is 0 Å². The van der Waals surface area contributed by atoms with E-state index in [-0.39, 0.29) is 34.8 Å². The van der Waals surface area contributed by atoms with Crippen molar-refractivity contribution in [3.8, 4) is 0 Å². The highest BCUT2D eigenvalue weighted by Crippen LogP contribution is 2.40. The Balaban J connectivity index is 1.56. The lowest BCUT2D eigenvalue weighted by atomic mass is 10.1. The van der Waals surface area contributed by atoms with Crippen LogP contribution in [0.5, 0.6) is 0 Å². The minimum Gasteiger partial charge on any atom is -0.349 e. The number of alkyl halides is 3. The number of rotatable bonds is 6. The van der Waals surface area contributed by atoms with Crippen LogP contribution in [0.2, 0.25) is 0 Å². The highest BCUT2D eigenvalue weighted by Gasteiger charge is 2.37. The molecule has 10 heteroatoms. The molecule has 0 radical (unpaired) electrons. The van der Waals surface area contributed by atoms with E-state index in [9.17, 15) is 27.6 Å². The number of hydrogen-bond acceptors (Lipinski definition) is 4. The molecule has 1 heterocycles. The number of anilines is 1. The minimum absolute atomic E-state index is 0.120. The monoisotopic (exact) mass is 420 g/mol. The van der Waals surface area contributed by atoms with Gasteiger partial charge in [-0.1, -0.05) is 12.1 Å². The summed E-state index contributed by atoms with van der Waals surface area (Å²) >= 11 is 0. The van der Waals surface area contributed by atoms with Gasteiger partial charge in [0.25, 0.3) is 11.5 Å². The number of nitrogens with one attached hydrogen (secondary N) is 2. The Morgan fingerprint density at radius 2 is 1.83 bits per heavy atom. The van der Waals surface area contributed by atoms with Crippen molar-refractivity contribution in [1.29, 1.82) is 0 Å². The number of carbonyl (C=O) groups excluding carboxylic acids is 2. The van der Waals surface area contributed by atoms with E-state index in [1.807, 2.05) is 0 Å². The molecule has 0 bridgehead atoms. The van der Waals surface area contributed by atoms with Crippen LogP contribution in [0.25, 0.3) is 0 Å². The second kappa shape index (κ2) is 7.58. The first-order valence-electron chi connectivity index (χ1n) is 9.61. The topological polar surface area (TPSA) is 93.1 Å². The number of hydrogen-bond donors (Lipinski definition) is 2. The standard InChI is InChI=1S/C20H19F3N4O3/c21-20(22,23)14-9-16(11-5-6-11)26-27(19(14)30)10-17(28)25-15-4-2-1-3-13(15)18(29)24-12-7-8-12/h1-4,9,11-12H,5-8,10H2,(H,24,29)(H,25,28). The number of para-hydroxylation sites is 1. The summed E-state index contributed by atoms with van der Waals surface area (Å²) in [6.07, 6.45) is -1.66. The van der Waals surface area contributed by atoms with E-state index in [1.54, 1.807) is 12.1 Å². The lowest BCUT2D eigenvalue weighted by Gasteiger charge is -2.14. The SMILES string of the molecule is O=C(Cn1nc(C2CC2)cc(C(F)(F)F)c1=O)Nc1ccccc1C(=O)NC1CC1. The smallest absolute Gasteiger partial charge is 0.349 e. The van der Waals surface area contributed by atoms with Gasteiger partial charge in [0, 0.05) is 12.0 Å². The minimum atomic E-state index is -4.84. The molecule has 0 atom stereocenters. The summed E-state index contributed by atoms with van der Waals surface area (Å²) in [6, 6.07) is 7.19. The van der Waals surface area contributed by atoms with E-state index >= 15 is 0 Å². The van der Waals surface area contributed by atoms with Crippen LogP contribution >= 0.6 is 0 Å². The summed E-state index contributed by atoms with van der Waals surface area (Å²) < 4.78 is 40.3. The number of carbonyl (C=O) groups is 2. The number of nitrogens with zero attached hydrogens (tertiary/aromatic N) is 2. The largest absolute Gasteiger partial charge is 0.421 e. The summed E-state index contributed by atoms with van der Waals surface area (Å²) in [6.45, 7) is -0.693. The van der Waals surface area contributed by atoms with Gasteiger partial charge in [0.15, 0.2) is 0 Å². The number of amides is 2. The molecule has 0 spiro atoms. The maximum atomic E-state index is 13.2. The average molecular weight is 420 g/mol. The molecular formula is C20H19F3N4O3. The lowest BCUT2D eigenvalue weighted by molar-refractivity contribution is -0.139. The molecule has 2 aliphatic carbocycles. The Bertz CT molecular complexity index is 1060.